The topological polar surface area (TPSA) is 60.2 Å². The average Bonchev–Trinajstić information content (AvgIpc) is 2.12. The molecule has 0 saturated heterocycles. The molecule has 1 aromatic carbocycles. The summed E-state index contributed by atoms with van der Waals surface area (Å²) < 4.78 is 25.6. The van der Waals surface area contributed by atoms with Crippen LogP contribution in [0.2, 0.25) is 0 Å². The highest BCUT2D eigenvalue weighted by Gasteiger charge is 2.20. The van der Waals surface area contributed by atoms with Crippen molar-refractivity contribution in [2.75, 3.05) is 0 Å². The third kappa shape index (κ3) is 2.34. The van der Waals surface area contributed by atoms with E-state index in [4.69, 9.17) is 0 Å². The lowest BCUT2D eigenvalue weighted by Crippen LogP contribution is -1.97. The van der Waals surface area contributed by atoms with Gasteiger partial charge in [0.25, 0.3) is 0 Å². The molecule has 0 aliphatic carbocycles. The van der Waals surface area contributed by atoms with Crippen LogP contribution in [0.3, 0.4) is 0 Å². The fraction of sp³-hybridized carbons (Fsp3) is 0. The third-order valence-corrected chi connectivity index (χ3v) is 1.48. The summed E-state index contributed by atoms with van der Waals surface area (Å²) in [5.41, 5.74) is -1.41. The van der Waals surface area contributed by atoms with Crippen molar-refractivity contribution in [3.63, 3.8) is 0 Å². The smallest absolute Gasteiger partial charge is 0.289 e. The van der Waals surface area contributed by atoms with Crippen molar-refractivity contribution in [2.24, 2.45) is 0 Å². The van der Waals surface area contributed by atoms with Crippen LogP contribution in [0.25, 0.3) is 0 Å². The normalized spacial score (nSPS) is 8.93. The number of nitrogens with zero attached hydrogens (tertiary/aromatic N) is 1. The Morgan fingerprint density at radius 1 is 1.40 bits per heavy atom. The van der Waals surface area contributed by atoms with Crippen molar-refractivity contribution in [1.29, 1.82) is 0 Å². The molecule has 0 N–H and O–H groups in total. The van der Waals surface area contributed by atoms with Gasteiger partial charge in [0.1, 0.15) is 11.4 Å². The summed E-state index contributed by atoms with van der Waals surface area (Å²) in [6.45, 7) is 0. The summed E-state index contributed by atoms with van der Waals surface area (Å²) in [4.78, 5) is 19.3. The first-order valence-electron chi connectivity index (χ1n) is 3.65. The zero-order valence-electron chi connectivity index (χ0n) is 7.16. The van der Waals surface area contributed by atoms with Crippen LogP contribution in [0.4, 0.5) is 14.5 Å². The van der Waals surface area contributed by atoms with E-state index >= 15 is 0 Å². The molecule has 0 atom stereocenters. The molecule has 1 aromatic rings. The predicted molar refractivity (Wildman–Crippen MR) is 46.0 cm³/mol. The number of carbonyl (C=O) groups excluding carboxylic acids is 1. The molecule has 15 heavy (non-hydrogen) atoms. The molecule has 0 aromatic heterocycles. The van der Waals surface area contributed by atoms with Gasteiger partial charge in [0.2, 0.25) is 5.82 Å². The first kappa shape index (κ1) is 10.8. The minimum Gasteiger partial charge on any atom is -0.289 e. The van der Waals surface area contributed by atoms with Gasteiger partial charge in [-0.05, 0) is 12.0 Å². The summed E-state index contributed by atoms with van der Waals surface area (Å²) in [5.74, 6) is 1.52. The second-order valence-electron chi connectivity index (χ2n) is 2.43. The van der Waals surface area contributed by atoms with E-state index in [-0.39, 0.29) is 6.29 Å². The number of benzene rings is 1. The third-order valence-electron chi connectivity index (χ3n) is 1.48. The van der Waals surface area contributed by atoms with E-state index in [2.05, 4.69) is 0 Å². The first-order chi connectivity index (χ1) is 7.06. The predicted octanol–water partition coefficient (Wildman–Crippen LogP) is 1.42. The maximum Gasteiger partial charge on any atom is 0.320 e. The summed E-state index contributed by atoms with van der Waals surface area (Å²) in [6, 6.07) is 1.07. The Kier molecular flexibility index (Phi) is 3.08. The van der Waals surface area contributed by atoms with E-state index in [1.807, 2.05) is 11.8 Å². The van der Waals surface area contributed by atoms with Crippen LogP contribution < -0.4 is 0 Å². The van der Waals surface area contributed by atoms with Crippen LogP contribution in [0, 0.1) is 33.6 Å². The van der Waals surface area contributed by atoms with Gasteiger partial charge in [0, 0.05) is 6.07 Å². The summed E-state index contributed by atoms with van der Waals surface area (Å²) in [5, 5.41) is 10.4. The molecule has 0 heterocycles. The molecule has 0 spiro atoms. The molecule has 6 heteroatoms. The van der Waals surface area contributed by atoms with Gasteiger partial charge in [0.05, 0.1) is 4.92 Å². The molecule has 0 radical (unpaired) electrons. The summed E-state index contributed by atoms with van der Waals surface area (Å²) >= 11 is 0. The minimum atomic E-state index is -1.32. The molecule has 0 aliphatic rings. The van der Waals surface area contributed by atoms with E-state index in [0.717, 1.165) is 0 Å². The first-order valence-corrected chi connectivity index (χ1v) is 3.65. The van der Waals surface area contributed by atoms with Gasteiger partial charge in [-0.25, -0.2) is 4.39 Å². The van der Waals surface area contributed by atoms with Gasteiger partial charge >= 0.3 is 5.69 Å². The van der Waals surface area contributed by atoms with E-state index in [9.17, 15) is 23.7 Å². The van der Waals surface area contributed by atoms with Gasteiger partial charge in [-0.15, -0.1) is 0 Å². The lowest BCUT2D eigenvalue weighted by Gasteiger charge is -1.97. The molecule has 0 fully saturated rings. The Labute approximate surface area is 82.7 Å². The standard InChI is InChI=1S/C9H3F2NO3/c10-7-4-6(2-1-3-13)9(12(14)15)8(11)5-7/h3-5H. The number of nitro groups is 1. The highest BCUT2D eigenvalue weighted by atomic mass is 19.1. The average molecular weight is 211 g/mol. The largest absolute Gasteiger partial charge is 0.320 e. The highest BCUT2D eigenvalue weighted by molar-refractivity contribution is 5.74. The van der Waals surface area contributed by atoms with Crippen molar-refractivity contribution in [2.45, 2.75) is 0 Å². The van der Waals surface area contributed by atoms with Gasteiger partial charge in [-0.2, -0.15) is 4.39 Å². The molecular formula is C9H3F2NO3. The Hall–Kier alpha value is -2.29. The summed E-state index contributed by atoms with van der Waals surface area (Å²) in [6.07, 6.45) is 0.173. The van der Waals surface area contributed by atoms with Crippen molar-refractivity contribution >= 4 is 12.0 Å². The molecule has 0 bridgehead atoms. The maximum atomic E-state index is 13.0. The number of carbonyl (C=O) groups is 1. The summed E-state index contributed by atoms with van der Waals surface area (Å²) in [7, 11) is 0. The molecule has 0 amide bonds. The highest BCUT2D eigenvalue weighted by Crippen LogP contribution is 2.22. The quantitative estimate of drug-likeness (QED) is 0.305. The number of aldehydes is 1. The van der Waals surface area contributed by atoms with Crippen LogP contribution in [0.5, 0.6) is 0 Å². The van der Waals surface area contributed by atoms with Gasteiger partial charge in [-0.1, -0.05) is 5.92 Å². The Morgan fingerprint density at radius 2 is 2.07 bits per heavy atom. The van der Waals surface area contributed by atoms with E-state index in [1.54, 1.807) is 0 Å². The van der Waals surface area contributed by atoms with Crippen LogP contribution in [-0.2, 0) is 4.79 Å². The fourth-order valence-corrected chi connectivity index (χ4v) is 0.954. The molecule has 1 rings (SSSR count). The lowest BCUT2D eigenvalue weighted by molar-refractivity contribution is -0.387. The monoisotopic (exact) mass is 211 g/mol. The van der Waals surface area contributed by atoms with Crippen molar-refractivity contribution in [3.8, 4) is 11.8 Å². The Morgan fingerprint density at radius 3 is 2.60 bits per heavy atom. The van der Waals surface area contributed by atoms with E-state index in [1.165, 1.54) is 0 Å². The Balaban J connectivity index is 3.46. The number of halogens is 2. The SMILES string of the molecule is O=CC#Cc1cc(F)cc(F)c1[N+](=O)[O-]. The van der Waals surface area contributed by atoms with Crippen LogP contribution in [0.15, 0.2) is 12.1 Å². The van der Waals surface area contributed by atoms with Gasteiger partial charge in [-0.3, -0.25) is 14.9 Å². The zero-order chi connectivity index (χ0) is 11.4. The second-order valence-corrected chi connectivity index (χ2v) is 2.43. The van der Waals surface area contributed by atoms with Crippen molar-refractivity contribution < 1.29 is 18.5 Å². The minimum absolute atomic E-state index is 0.173. The number of hydrogen-bond donors (Lipinski definition) is 0. The lowest BCUT2D eigenvalue weighted by atomic mass is 10.1. The molecule has 0 saturated carbocycles. The van der Waals surface area contributed by atoms with Crippen molar-refractivity contribution in [3.05, 3.63) is 39.4 Å². The molecular weight excluding hydrogens is 208 g/mol. The van der Waals surface area contributed by atoms with Crippen LogP contribution >= 0.6 is 0 Å². The number of rotatable bonds is 1. The number of hydrogen-bond acceptors (Lipinski definition) is 3. The molecule has 76 valence electrons. The van der Waals surface area contributed by atoms with Gasteiger partial charge < -0.3 is 0 Å². The molecule has 4 nitrogen and oxygen atoms in total. The van der Waals surface area contributed by atoms with E-state index < -0.39 is 27.8 Å². The van der Waals surface area contributed by atoms with Crippen LogP contribution in [-0.4, -0.2) is 11.2 Å². The maximum absolute atomic E-state index is 13.0. The van der Waals surface area contributed by atoms with E-state index in [0.29, 0.717) is 12.1 Å². The molecule has 0 unspecified atom stereocenters. The number of nitro benzene ring substituents is 1. The Bertz CT molecular complexity index is 488. The fourth-order valence-electron chi connectivity index (χ4n) is 0.954. The molecule has 0 aliphatic heterocycles. The van der Waals surface area contributed by atoms with Crippen molar-refractivity contribution in [1.82, 2.24) is 0 Å². The second kappa shape index (κ2) is 4.28. The van der Waals surface area contributed by atoms with Gasteiger partial charge in [0.15, 0.2) is 6.29 Å². The zero-order valence-corrected chi connectivity index (χ0v) is 7.16. The van der Waals surface area contributed by atoms with Crippen LogP contribution in [0.1, 0.15) is 5.56 Å².